The Kier molecular flexibility index (Phi) is 5.38. The summed E-state index contributed by atoms with van der Waals surface area (Å²) in [5.74, 6) is 1.78. The molecule has 1 aromatic rings. The third-order valence-electron chi connectivity index (χ3n) is 3.41. The Balaban J connectivity index is 2.21. The van der Waals surface area contributed by atoms with E-state index in [-0.39, 0.29) is 12.0 Å². The summed E-state index contributed by atoms with van der Waals surface area (Å²) in [6, 6.07) is 2.76. The molecule has 120 valence electrons. The fourth-order valence-corrected chi connectivity index (χ4v) is 2.23. The van der Waals surface area contributed by atoms with E-state index in [1.165, 1.54) is 7.11 Å². The first-order valence-electron chi connectivity index (χ1n) is 7.20. The number of ether oxygens (including phenoxy) is 2. The molecule has 0 radical (unpaired) electrons. The molecular weight excluding hydrogens is 284 g/mol. The van der Waals surface area contributed by atoms with Gasteiger partial charge >= 0.3 is 0 Å². The molecule has 0 saturated carbocycles. The van der Waals surface area contributed by atoms with Crippen molar-refractivity contribution < 1.29 is 19.0 Å². The van der Waals surface area contributed by atoms with Crippen LogP contribution in [0.4, 0.5) is 0 Å². The lowest BCUT2D eigenvalue weighted by atomic mass is 10.0. The van der Waals surface area contributed by atoms with Gasteiger partial charge in [0.2, 0.25) is 11.8 Å². The first kappa shape index (κ1) is 16.3. The highest BCUT2D eigenvalue weighted by Crippen LogP contribution is 2.20. The van der Waals surface area contributed by atoms with Crippen molar-refractivity contribution in [1.29, 1.82) is 0 Å². The molecule has 0 saturated heterocycles. The number of hydrogen-bond acceptors (Lipinski definition) is 6. The molecule has 6 nitrogen and oxygen atoms in total. The van der Waals surface area contributed by atoms with E-state index in [0.29, 0.717) is 17.6 Å². The minimum absolute atomic E-state index is 0.197. The largest absolute Gasteiger partial charge is 0.483 e. The molecule has 0 amide bonds. The lowest BCUT2D eigenvalue weighted by Gasteiger charge is -2.28. The Morgan fingerprint density at radius 2 is 1.82 bits per heavy atom. The number of rotatable bonds is 4. The third-order valence-corrected chi connectivity index (χ3v) is 3.41. The predicted octanol–water partition coefficient (Wildman–Crippen LogP) is 2.15. The van der Waals surface area contributed by atoms with Crippen molar-refractivity contribution in [3.63, 3.8) is 0 Å². The number of furan rings is 1. The summed E-state index contributed by atoms with van der Waals surface area (Å²) >= 11 is 0. The normalized spacial score (nSPS) is 23.4. The van der Waals surface area contributed by atoms with E-state index in [1.807, 2.05) is 13.8 Å². The van der Waals surface area contributed by atoms with E-state index >= 15 is 0 Å². The van der Waals surface area contributed by atoms with Gasteiger partial charge in [0.1, 0.15) is 17.9 Å². The van der Waals surface area contributed by atoms with Crippen molar-refractivity contribution in [3.8, 4) is 0 Å². The molecule has 0 bridgehead atoms. The SMILES string of the molecule is COC1=N[C@H]([C@@H](O)/C=C/c2ccco2)C(OC)=N[C@H]1C(C)C. The molecule has 2 heterocycles. The highest BCUT2D eigenvalue weighted by Gasteiger charge is 2.33. The number of methoxy groups -OCH3 is 2. The number of aliphatic hydroxyl groups is 1. The summed E-state index contributed by atoms with van der Waals surface area (Å²) in [6.07, 6.45) is 3.98. The molecule has 2 rings (SSSR count). The number of hydrogen-bond donors (Lipinski definition) is 1. The number of nitrogens with zero attached hydrogens (tertiary/aromatic N) is 2. The van der Waals surface area contributed by atoms with Gasteiger partial charge in [-0.15, -0.1) is 0 Å². The van der Waals surface area contributed by atoms with Crippen LogP contribution in [0.2, 0.25) is 0 Å². The van der Waals surface area contributed by atoms with Crippen molar-refractivity contribution in [2.75, 3.05) is 14.2 Å². The van der Waals surface area contributed by atoms with Gasteiger partial charge < -0.3 is 19.0 Å². The molecule has 1 N–H and O–H groups in total. The molecule has 3 atom stereocenters. The lowest BCUT2D eigenvalue weighted by Crippen LogP contribution is -2.42. The van der Waals surface area contributed by atoms with Crippen LogP contribution in [0.5, 0.6) is 0 Å². The smallest absolute Gasteiger partial charge is 0.212 e. The van der Waals surface area contributed by atoms with Gasteiger partial charge in [0.25, 0.3) is 0 Å². The van der Waals surface area contributed by atoms with E-state index in [1.54, 1.807) is 37.7 Å². The van der Waals surface area contributed by atoms with Gasteiger partial charge in [0, 0.05) is 0 Å². The Morgan fingerprint density at radius 3 is 2.36 bits per heavy atom. The molecule has 0 aromatic carbocycles. The molecule has 6 heteroatoms. The maximum Gasteiger partial charge on any atom is 0.212 e. The molecular formula is C16H22N2O4. The van der Waals surface area contributed by atoms with Crippen molar-refractivity contribution >= 4 is 17.9 Å². The van der Waals surface area contributed by atoms with Crippen molar-refractivity contribution in [2.24, 2.45) is 15.9 Å². The van der Waals surface area contributed by atoms with Crippen LogP contribution in [-0.2, 0) is 9.47 Å². The Labute approximate surface area is 130 Å². The molecule has 1 aliphatic heterocycles. The van der Waals surface area contributed by atoms with E-state index < -0.39 is 12.1 Å². The third kappa shape index (κ3) is 3.57. The quantitative estimate of drug-likeness (QED) is 0.924. The number of aliphatic hydroxyl groups excluding tert-OH is 1. The van der Waals surface area contributed by atoms with Crippen molar-refractivity contribution in [2.45, 2.75) is 32.0 Å². The summed E-state index contributed by atoms with van der Waals surface area (Å²) in [4.78, 5) is 8.98. The monoisotopic (exact) mass is 306 g/mol. The van der Waals surface area contributed by atoms with Crippen LogP contribution in [0, 0.1) is 5.92 Å². The summed E-state index contributed by atoms with van der Waals surface area (Å²) in [6.45, 7) is 4.06. The Morgan fingerprint density at radius 1 is 1.18 bits per heavy atom. The molecule has 0 spiro atoms. The van der Waals surface area contributed by atoms with Crippen LogP contribution < -0.4 is 0 Å². The predicted molar refractivity (Wildman–Crippen MR) is 85.1 cm³/mol. The van der Waals surface area contributed by atoms with E-state index in [4.69, 9.17) is 13.9 Å². The lowest BCUT2D eigenvalue weighted by molar-refractivity contribution is 0.197. The topological polar surface area (TPSA) is 76.5 Å². The van der Waals surface area contributed by atoms with Crippen LogP contribution in [0.1, 0.15) is 19.6 Å². The van der Waals surface area contributed by atoms with Crippen LogP contribution in [0.25, 0.3) is 6.08 Å². The Hall–Kier alpha value is -2.08. The zero-order valence-corrected chi connectivity index (χ0v) is 13.3. The summed E-state index contributed by atoms with van der Waals surface area (Å²) < 4.78 is 15.8. The first-order valence-corrected chi connectivity index (χ1v) is 7.20. The van der Waals surface area contributed by atoms with E-state index in [9.17, 15) is 5.11 Å². The zero-order chi connectivity index (χ0) is 16.1. The van der Waals surface area contributed by atoms with Crippen molar-refractivity contribution in [1.82, 2.24) is 0 Å². The minimum atomic E-state index is -0.887. The first-order chi connectivity index (χ1) is 10.6. The van der Waals surface area contributed by atoms with Crippen molar-refractivity contribution in [3.05, 3.63) is 30.2 Å². The fraction of sp³-hybridized carbons (Fsp3) is 0.500. The zero-order valence-electron chi connectivity index (χ0n) is 13.3. The molecule has 1 aromatic heterocycles. The summed E-state index contributed by atoms with van der Waals surface area (Å²) in [7, 11) is 3.09. The second-order valence-electron chi connectivity index (χ2n) is 5.34. The molecule has 0 fully saturated rings. The standard InChI is InChI=1S/C16H22N2O4/c1-10(2)13-15(20-3)18-14(16(17-13)21-4)12(19)8-7-11-6-5-9-22-11/h5-10,12-14,19H,1-4H3/b8-7+/t12-,13-,14+/m0/s1. The fourth-order valence-electron chi connectivity index (χ4n) is 2.23. The molecule has 1 aliphatic rings. The average molecular weight is 306 g/mol. The molecule has 0 unspecified atom stereocenters. The van der Waals surface area contributed by atoms with Gasteiger partial charge in [-0.2, -0.15) is 0 Å². The maximum absolute atomic E-state index is 10.4. The molecule has 22 heavy (non-hydrogen) atoms. The minimum Gasteiger partial charge on any atom is -0.483 e. The second kappa shape index (κ2) is 7.26. The highest BCUT2D eigenvalue weighted by molar-refractivity contribution is 5.94. The van der Waals surface area contributed by atoms with Crippen LogP contribution >= 0.6 is 0 Å². The summed E-state index contributed by atoms with van der Waals surface area (Å²) in [5, 5.41) is 10.4. The Bertz CT molecular complexity index is 561. The maximum atomic E-state index is 10.4. The van der Waals surface area contributed by atoms with Gasteiger partial charge in [0.15, 0.2) is 6.04 Å². The van der Waals surface area contributed by atoms with Gasteiger partial charge in [0.05, 0.1) is 20.5 Å². The second-order valence-corrected chi connectivity index (χ2v) is 5.34. The van der Waals surface area contributed by atoms with E-state index in [2.05, 4.69) is 9.98 Å². The summed E-state index contributed by atoms with van der Waals surface area (Å²) in [5.41, 5.74) is 0. The van der Waals surface area contributed by atoms with Crippen LogP contribution in [0.3, 0.4) is 0 Å². The van der Waals surface area contributed by atoms with Gasteiger partial charge in [-0.25, -0.2) is 9.98 Å². The van der Waals surface area contributed by atoms with Gasteiger partial charge in [-0.05, 0) is 30.2 Å². The van der Waals surface area contributed by atoms with Gasteiger partial charge in [-0.1, -0.05) is 13.8 Å². The van der Waals surface area contributed by atoms with Crippen LogP contribution in [-0.4, -0.2) is 49.3 Å². The molecule has 0 aliphatic carbocycles. The van der Waals surface area contributed by atoms with Crippen LogP contribution in [0.15, 0.2) is 38.9 Å². The van der Waals surface area contributed by atoms with E-state index in [0.717, 1.165) is 0 Å². The highest BCUT2D eigenvalue weighted by atomic mass is 16.5. The number of aliphatic imine (C=N–C) groups is 2. The average Bonchev–Trinajstić information content (AvgIpc) is 3.04. The van der Waals surface area contributed by atoms with Gasteiger partial charge in [-0.3, -0.25) is 0 Å².